The molecule has 0 aliphatic carbocycles. The highest BCUT2D eigenvalue weighted by Gasteiger charge is 2.20. The summed E-state index contributed by atoms with van der Waals surface area (Å²) in [5.41, 5.74) is 1.78. The number of aromatic nitrogens is 1. The van der Waals surface area contributed by atoms with Gasteiger partial charge >= 0.3 is 0 Å². The van der Waals surface area contributed by atoms with Crippen LogP contribution in [0.5, 0.6) is 0 Å². The summed E-state index contributed by atoms with van der Waals surface area (Å²) in [5, 5.41) is 2.29. The van der Waals surface area contributed by atoms with Crippen molar-refractivity contribution in [3.63, 3.8) is 0 Å². The summed E-state index contributed by atoms with van der Waals surface area (Å²) in [4.78, 5) is 10.2. The van der Waals surface area contributed by atoms with E-state index in [4.69, 9.17) is 9.72 Å². The van der Waals surface area contributed by atoms with Crippen molar-refractivity contribution in [2.24, 2.45) is 0 Å². The van der Waals surface area contributed by atoms with Crippen LogP contribution in [-0.4, -0.2) is 70.5 Å². The Morgan fingerprint density at radius 2 is 1.70 bits per heavy atom. The summed E-state index contributed by atoms with van der Waals surface area (Å²) in [6.45, 7) is 7.68. The highest BCUT2D eigenvalue weighted by Crippen LogP contribution is 2.31. The molecule has 2 heterocycles. The molecule has 4 rings (SSSR count). The third-order valence-electron chi connectivity index (χ3n) is 6.11. The van der Waals surface area contributed by atoms with Gasteiger partial charge in [0.25, 0.3) is 0 Å². The number of piperazine rings is 1. The molecule has 0 amide bonds. The highest BCUT2D eigenvalue weighted by molar-refractivity contribution is 7.91. The number of nitrogens with zero attached hydrogens (tertiary/aromatic N) is 3. The minimum atomic E-state index is -3.31. The lowest BCUT2D eigenvalue weighted by atomic mass is 10.1. The number of hydrogen-bond acceptors (Lipinski definition) is 6. The van der Waals surface area contributed by atoms with Crippen LogP contribution in [0.15, 0.2) is 59.5 Å². The van der Waals surface area contributed by atoms with Gasteiger partial charge in [0.15, 0.2) is 9.84 Å². The smallest absolute Gasteiger partial charge is 0.178 e. The molecule has 1 saturated heterocycles. The van der Waals surface area contributed by atoms with Crippen molar-refractivity contribution in [1.29, 1.82) is 0 Å². The van der Waals surface area contributed by atoms with E-state index in [0.29, 0.717) is 17.9 Å². The average molecular weight is 470 g/mol. The van der Waals surface area contributed by atoms with Gasteiger partial charge in [-0.05, 0) is 36.6 Å². The van der Waals surface area contributed by atoms with E-state index in [1.165, 1.54) is 0 Å². The molecule has 0 radical (unpaired) electrons. The molecule has 2 aromatic carbocycles. The van der Waals surface area contributed by atoms with Crippen LogP contribution >= 0.6 is 0 Å². The number of pyridine rings is 1. The summed E-state index contributed by atoms with van der Waals surface area (Å²) in [7, 11) is -1.73. The average Bonchev–Trinajstić information content (AvgIpc) is 2.83. The molecule has 0 unspecified atom stereocenters. The van der Waals surface area contributed by atoms with Crippen LogP contribution in [0.1, 0.15) is 20.8 Å². The van der Waals surface area contributed by atoms with Gasteiger partial charge in [-0.1, -0.05) is 50.7 Å². The van der Waals surface area contributed by atoms with Gasteiger partial charge in [0, 0.05) is 50.8 Å². The van der Waals surface area contributed by atoms with E-state index in [1.807, 2.05) is 18.2 Å². The maximum Gasteiger partial charge on any atom is 0.178 e. The predicted molar refractivity (Wildman–Crippen MR) is 137 cm³/mol. The maximum atomic E-state index is 12.6. The first-order valence-electron chi connectivity index (χ1n) is 11.2. The van der Waals surface area contributed by atoms with E-state index in [2.05, 4.69) is 41.0 Å². The summed E-state index contributed by atoms with van der Waals surface area (Å²) in [6, 6.07) is 17.5. The number of fused-ring (bicyclic) bond motifs is 1. The fourth-order valence-electron chi connectivity index (χ4n) is 4.19. The maximum absolute atomic E-state index is 12.6. The van der Waals surface area contributed by atoms with Crippen molar-refractivity contribution < 1.29 is 13.2 Å². The molecular formula is C26H35N3O3S. The van der Waals surface area contributed by atoms with Crippen molar-refractivity contribution in [2.45, 2.75) is 25.7 Å². The largest absolute Gasteiger partial charge is 0.385 e. The number of likely N-dealkylation sites (N-methyl/N-ethyl adjacent to an activating group) is 1. The number of methoxy groups -OCH3 is 1. The second-order valence-electron chi connectivity index (χ2n) is 8.16. The van der Waals surface area contributed by atoms with Gasteiger partial charge in [0.2, 0.25) is 0 Å². The van der Waals surface area contributed by atoms with Crippen molar-refractivity contribution in [2.75, 3.05) is 57.1 Å². The molecule has 1 aliphatic rings. The monoisotopic (exact) mass is 469 g/mol. The van der Waals surface area contributed by atoms with Crippen LogP contribution in [-0.2, 0) is 14.6 Å². The van der Waals surface area contributed by atoms with Crippen LogP contribution < -0.4 is 4.90 Å². The molecular weight excluding hydrogens is 434 g/mol. The number of hydrogen-bond donors (Lipinski definition) is 0. The summed E-state index contributed by atoms with van der Waals surface area (Å²) < 4.78 is 30.1. The Kier molecular flexibility index (Phi) is 8.46. The standard InChI is InChI=1S/C25H31N3O3S.CH4/c1-3-27-13-15-28(16-14-27)25-23-8-5-4-7-21(23)19-24(26-25)20-9-11-22(12-10-20)32(29,30)18-6-17-31-2;/h4-5,7-12,19H,3,6,13-18H2,1-2H3;1H4. The lowest BCUT2D eigenvalue weighted by Crippen LogP contribution is -2.46. The zero-order valence-corrected chi connectivity index (χ0v) is 19.6. The van der Waals surface area contributed by atoms with E-state index >= 15 is 0 Å². The zero-order chi connectivity index (χ0) is 22.6. The molecule has 0 saturated carbocycles. The molecule has 0 N–H and O–H groups in total. The minimum absolute atomic E-state index is 0. The summed E-state index contributed by atoms with van der Waals surface area (Å²) in [6.07, 6.45) is 0.488. The van der Waals surface area contributed by atoms with Gasteiger partial charge in [-0.25, -0.2) is 13.4 Å². The molecule has 7 heteroatoms. The molecule has 6 nitrogen and oxygen atoms in total. The van der Waals surface area contributed by atoms with Crippen LogP contribution in [0.2, 0.25) is 0 Å². The van der Waals surface area contributed by atoms with E-state index in [0.717, 1.165) is 60.6 Å². The van der Waals surface area contributed by atoms with E-state index < -0.39 is 9.84 Å². The molecule has 0 atom stereocenters. The van der Waals surface area contributed by atoms with Gasteiger partial charge in [0.05, 0.1) is 16.3 Å². The zero-order valence-electron chi connectivity index (χ0n) is 18.8. The lowest BCUT2D eigenvalue weighted by Gasteiger charge is -2.35. The predicted octanol–water partition coefficient (Wildman–Crippen LogP) is 4.49. The Balaban J connectivity index is 0.00000306. The van der Waals surface area contributed by atoms with Crippen molar-refractivity contribution in [3.8, 4) is 11.3 Å². The number of ether oxygens (including phenoxy) is 1. The Labute approximate surface area is 198 Å². The summed E-state index contributed by atoms with van der Waals surface area (Å²) in [5.74, 6) is 1.09. The molecule has 0 bridgehead atoms. The van der Waals surface area contributed by atoms with Crippen molar-refractivity contribution in [3.05, 3.63) is 54.6 Å². The third-order valence-corrected chi connectivity index (χ3v) is 7.93. The first kappa shape index (κ1) is 25.1. The van der Waals surface area contributed by atoms with Gasteiger partial charge in [-0.15, -0.1) is 0 Å². The Morgan fingerprint density at radius 1 is 1.00 bits per heavy atom. The number of anilines is 1. The number of sulfone groups is 1. The van der Waals surface area contributed by atoms with Crippen molar-refractivity contribution >= 4 is 26.4 Å². The van der Waals surface area contributed by atoms with Crippen molar-refractivity contribution in [1.82, 2.24) is 9.88 Å². The normalized spacial score (nSPS) is 14.9. The first-order valence-corrected chi connectivity index (χ1v) is 12.9. The lowest BCUT2D eigenvalue weighted by molar-refractivity contribution is 0.199. The van der Waals surface area contributed by atoms with Gasteiger partial charge in [0.1, 0.15) is 5.82 Å². The Bertz CT molecular complexity index is 1160. The molecule has 0 spiro atoms. The van der Waals surface area contributed by atoms with Gasteiger partial charge in [-0.3, -0.25) is 0 Å². The minimum Gasteiger partial charge on any atom is -0.385 e. The fraction of sp³-hybridized carbons (Fsp3) is 0.423. The summed E-state index contributed by atoms with van der Waals surface area (Å²) >= 11 is 0. The third kappa shape index (κ3) is 5.72. The van der Waals surface area contributed by atoms with E-state index in [9.17, 15) is 8.42 Å². The number of rotatable bonds is 8. The van der Waals surface area contributed by atoms with Gasteiger partial charge in [-0.2, -0.15) is 0 Å². The van der Waals surface area contributed by atoms with Crippen LogP contribution in [0.3, 0.4) is 0 Å². The number of benzene rings is 2. The highest BCUT2D eigenvalue weighted by atomic mass is 32.2. The second kappa shape index (κ2) is 11.1. The second-order valence-corrected chi connectivity index (χ2v) is 10.3. The Morgan fingerprint density at radius 3 is 2.36 bits per heavy atom. The quantitative estimate of drug-likeness (QED) is 0.453. The van der Waals surface area contributed by atoms with Crippen LogP contribution in [0.4, 0.5) is 5.82 Å². The molecule has 1 aliphatic heterocycles. The molecule has 1 fully saturated rings. The first-order chi connectivity index (χ1) is 15.5. The topological polar surface area (TPSA) is 62.7 Å². The van der Waals surface area contributed by atoms with E-state index in [-0.39, 0.29) is 13.2 Å². The molecule has 1 aromatic heterocycles. The Hall–Kier alpha value is -2.48. The molecule has 178 valence electrons. The molecule has 3 aromatic rings. The fourth-order valence-corrected chi connectivity index (χ4v) is 5.47. The van der Waals surface area contributed by atoms with Crippen LogP contribution in [0, 0.1) is 0 Å². The van der Waals surface area contributed by atoms with Gasteiger partial charge < -0.3 is 14.5 Å². The molecule has 33 heavy (non-hydrogen) atoms. The SMILES string of the molecule is C.CCN1CCN(c2nc(-c3ccc(S(=O)(=O)CCCOC)cc3)cc3ccccc23)CC1. The van der Waals surface area contributed by atoms with E-state index in [1.54, 1.807) is 19.2 Å². The van der Waals surface area contributed by atoms with Crippen LogP contribution in [0.25, 0.3) is 22.0 Å².